The van der Waals surface area contributed by atoms with Crippen molar-refractivity contribution in [3.63, 3.8) is 0 Å². The monoisotopic (exact) mass is 422 g/mol. The third-order valence-electron chi connectivity index (χ3n) is 4.84. The van der Waals surface area contributed by atoms with Crippen LogP contribution in [0.15, 0.2) is 107 Å². The van der Waals surface area contributed by atoms with Gasteiger partial charge < -0.3 is 9.84 Å². The van der Waals surface area contributed by atoms with E-state index in [1.165, 1.54) is 0 Å². The number of carboxylic acids is 1. The molecule has 4 rings (SSSR count). The number of nitrogens with zero attached hydrogens (tertiary/aromatic N) is 2. The van der Waals surface area contributed by atoms with Crippen LogP contribution in [-0.2, 0) is 4.79 Å². The second-order valence-corrected chi connectivity index (χ2v) is 6.89. The fraction of sp³-hybridized carbons (Fsp3) is 0. The minimum absolute atomic E-state index is 0.229. The minimum atomic E-state index is -0.966. The van der Waals surface area contributed by atoms with Gasteiger partial charge in [0.15, 0.2) is 0 Å². The van der Waals surface area contributed by atoms with Crippen LogP contribution in [0.3, 0.4) is 0 Å². The van der Waals surface area contributed by atoms with Gasteiger partial charge in [0.2, 0.25) is 0 Å². The number of benzene rings is 4. The van der Waals surface area contributed by atoms with Gasteiger partial charge in [-0.05, 0) is 59.2 Å². The first-order valence-corrected chi connectivity index (χ1v) is 9.79. The van der Waals surface area contributed by atoms with Gasteiger partial charge in [-0.25, -0.2) is 4.79 Å². The molecule has 0 fully saturated rings. The first-order valence-electron chi connectivity index (χ1n) is 9.79. The molecule has 0 saturated carbocycles. The van der Waals surface area contributed by atoms with E-state index in [1.807, 2.05) is 60.7 Å². The van der Waals surface area contributed by atoms with Crippen molar-refractivity contribution >= 4 is 23.8 Å². The van der Waals surface area contributed by atoms with Gasteiger partial charge in [0.25, 0.3) is 6.47 Å². The summed E-state index contributed by atoms with van der Waals surface area (Å²) in [6.45, 7) is 0.388. The van der Waals surface area contributed by atoms with Crippen LogP contribution < -0.4 is 4.74 Å². The van der Waals surface area contributed by atoms with E-state index < -0.39 is 5.97 Å². The molecule has 0 atom stereocenters. The van der Waals surface area contributed by atoms with Gasteiger partial charge in [0.05, 0.1) is 16.9 Å². The molecule has 4 aromatic carbocycles. The maximum Gasteiger partial charge on any atom is 0.335 e. The van der Waals surface area contributed by atoms with E-state index in [9.17, 15) is 9.59 Å². The van der Waals surface area contributed by atoms with Crippen molar-refractivity contribution in [1.82, 2.24) is 0 Å². The predicted octanol–water partition coefficient (Wildman–Crippen LogP) is 6.67. The molecular formula is C26H18N2O4. The Kier molecular flexibility index (Phi) is 6.13. The van der Waals surface area contributed by atoms with Crippen LogP contribution in [0, 0.1) is 0 Å². The predicted molar refractivity (Wildman–Crippen MR) is 122 cm³/mol. The molecule has 0 spiro atoms. The Morgan fingerprint density at radius 3 is 2.06 bits per heavy atom. The zero-order chi connectivity index (χ0) is 22.3. The normalized spacial score (nSPS) is 10.8. The van der Waals surface area contributed by atoms with Crippen LogP contribution >= 0.6 is 0 Å². The molecule has 4 aromatic rings. The zero-order valence-electron chi connectivity index (χ0n) is 16.9. The molecule has 0 aliphatic carbocycles. The molecule has 0 aromatic heterocycles. The second-order valence-electron chi connectivity index (χ2n) is 6.89. The summed E-state index contributed by atoms with van der Waals surface area (Å²) < 4.78 is 4.87. The molecule has 6 heteroatoms. The number of rotatable bonds is 7. The van der Waals surface area contributed by atoms with E-state index in [0.29, 0.717) is 17.9 Å². The van der Waals surface area contributed by atoms with Crippen molar-refractivity contribution in [3.8, 4) is 28.0 Å². The van der Waals surface area contributed by atoms with E-state index in [4.69, 9.17) is 9.84 Å². The summed E-state index contributed by atoms with van der Waals surface area (Å²) in [5, 5.41) is 18.0. The van der Waals surface area contributed by atoms with E-state index in [-0.39, 0.29) is 5.56 Å². The van der Waals surface area contributed by atoms with Crippen LogP contribution in [0.25, 0.3) is 22.3 Å². The van der Waals surface area contributed by atoms with Crippen LogP contribution in [0.1, 0.15) is 10.4 Å². The van der Waals surface area contributed by atoms with Gasteiger partial charge in [-0.1, -0.05) is 54.6 Å². The quantitative estimate of drug-likeness (QED) is 0.266. The summed E-state index contributed by atoms with van der Waals surface area (Å²) in [7, 11) is 0. The number of carboxylic acid groups (broad SMARTS) is 1. The summed E-state index contributed by atoms with van der Waals surface area (Å²) >= 11 is 0. The Morgan fingerprint density at radius 2 is 1.41 bits per heavy atom. The zero-order valence-corrected chi connectivity index (χ0v) is 16.9. The number of hydrogen-bond donors (Lipinski definition) is 1. The molecule has 0 aliphatic heterocycles. The van der Waals surface area contributed by atoms with Crippen molar-refractivity contribution in [2.75, 3.05) is 0 Å². The van der Waals surface area contributed by atoms with Crippen molar-refractivity contribution in [2.24, 2.45) is 10.2 Å². The standard InChI is InChI=1S/C26H18N2O4/c29-17-32-23-13-10-19(11-14-23)24-15-12-21(18-6-8-20(9-7-18)26(30)31)16-25(24)28-27-22-4-2-1-3-5-22/h1-17H,(H,30,31). The molecule has 0 unspecified atom stereocenters. The van der Waals surface area contributed by atoms with Crippen LogP contribution in [-0.4, -0.2) is 17.5 Å². The van der Waals surface area contributed by atoms with Gasteiger partial charge in [0.1, 0.15) is 5.75 Å². The number of carbonyl (C=O) groups is 2. The molecule has 0 saturated heterocycles. The van der Waals surface area contributed by atoms with E-state index >= 15 is 0 Å². The minimum Gasteiger partial charge on any atom is -0.478 e. The Hall–Kier alpha value is -4.58. The first kappa shape index (κ1) is 20.7. The van der Waals surface area contributed by atoms with E-state index in [0.717, 1.165) is 27.9 Å². The number of ether oxygens (including phenoxy) is 1. The SMILES string of the molecule is O=COc1ccc(-c2ccc(-c3ccc(C(=O)O)cc3)cc2N=Nc2ccccc2)cc1. The highest BCUT2D eigenvalue weighted by molar-refractivity contribution is 5.88. The number of azo groups is 1. The highest BCUT2D eigenvalue weighted by Crippen LogP contribution is 2.36. The molecule has 156 valence electrons. The van der Waals surface area contributed by atoms with Gasteiger partial charge in [-0.15, -0.1) is 5.11 Å². The van der Waals surface area contributed by atoms with Crippen LogP contribution in [0.2, 0.25) is 0 Å². The summed E-state index contributed by atoms with van der Waals surface area (Å²) in [5.74, 6) is -0.516. The van der Waals surface area contributed by atoms with Crippen molar-refractivity contribution in [2.45, 2.75) is 0 Å². The largest absolute Gasteiger partial charge is 0.478 e. The lowest BCUT2D eigenvalue weighted by Crippen LogP contribution is -1.94. The van der Waals surface area contributed by atoms with Crippen molar-refractivity contribution in [1.29, 1.82) is 0 Å². The molecule has 0 amide bonds. The third kappa shape index (κ3) is 4.76. The topological polar surface area (TPSA) is 88.3 Å². The lowest BCUT2D eigenvalue weighted by atomic mass is 9.98. The van der Waals surface area contributed by atoms with Crippen LogP contribution in [0.4, 0.5) is 11.4 Å². The summed E-state index contributed by atoms with van der Waals surface area (Å²) in [5.41, 5.74) is 5.10. The van der Waals surface area contributed by atoms with Crippen molar-refractivity contribution in [3.05, 3.63) is 103 Å². The average Bonchev–Trinajstić information content (AvgIpc) is 2.84. The van der Waals surface area contributed by atoms with Crippen LogP contribution in [0.5, 0.6) is 5.75 Å². The summed E-state index contributed by atoms with van der Waals surface area (Å²) in [6, 6.07) is 29.0. The molecular weight excluding hydrogens is 404 g/mol. The first-order chi connectivity index (χ1) is 15.6. The maximum absolute atomic E-state index is 11.1. The molecule has 1 N–H and O–H groups in total. The highest BCUT2D eigenvalue weighted by Gasteiger charge is 2.10. The highest BCUT2D eigenvalue weighted by atomic mass is 16.5. The molecule has 0 heterocycles. The van der Waals surface area contributed by atoms with Gasteiger partial charge in [-0.3, -0.25) is 4.79 Å². The smallest absolute Gasteiger partial charge is 0.335 e. The van der Waals surface area contributed by atoms with E-state index in [2.05, 4.69) is 10.2 Å². The fourth-order valence-electron chi connectivity index (χ4n) is 3.22. The fourth-order valence-corrected chi connectivity index (χ4v) is 3.22. The van der Waals surface area contributed by atoms with Gasteiger partial charge in [0, 0.05) is 5.56 Å². The maximum atomic E-state index is 11.1. The summed E-state index contributed by atoms with van der Waals surface area (Å²) in [4.78, 5) is 21.7. The van der Waals surface area contributed by atoms with Gasteiger partial charge >= 0.3 is 5.97 Å². The lowest BCUT2D eigenvalue weighted by molar-refractivity contribution is -0.120. The Balaban J connectivity index is 1.75. The Labute approximate surface area is 184 Å². The van der Waals surface area contributed by atoms with E-state index in [1.54, 1.807) is 36.4 Å². The number of carbonyl (C=O) groups excluding carboxylic acids is 1. The molecule has 32 heavy (non-hydrogen) atoms. The second kappa shape index (κ2) is 9.49. The number of aromatic carboxylic acids is 1. The lowest BCUT2D eigenvalue weighted by Gasteiger charge is -2.10. The number of hydrogen-bond acceptors (Lipinski definition) is 5. The molecule has 0 bridgehead atoms. The molecule has 0 radical (unpaired) electrons. The van der Waals surface area contributed by atoms with Gasteiger partial charge in [-0.2, -0.15) is 5.11 Å². The Morgan fingerprint density at radius 1 is 0.750 bits per heavy atom. The average molecular weight is 422 g/mol. The third-order valence-corrected chi connectivity index (χ3v) is 4.84. The molecule has 0 aliphatic rings. The Bertz CT molecular complexity index is 1270. The summed E-state index contributed by atoms with van der Waals surface area (Å²) in [6.07, 6.45) is 0. The van der Waals surface area contributed by atoms with Crippen molar-refractivity contribution < 1.29 is 19.4 Å². The molecule has 6 nitrogen and oxygen atoms in total.